The third-order valence-electron chi connectivity index (χ3n) is 5.81. The number of amides is 1. The van der Waals surface area contributed by atoms with E-state index in [9.17, 15) is 18.0 Å². The summed E-state index contributed by atoms with van der Waals surface area (Å²) >= 11 is 1.44. The number of ether oxygens (including phenoxy) is 1. The van der Waals surface area contributed by atoms with Crippen LogP contribution in [-0.2, 0) is 33.4 Å². The van der Waals surface area contributed by atoms with Crippen molar-refractivity contribution in [3.8, 4) is 0 Å². The van der Waals surface area contributed by atoms with Crippen LogP contribution in [0.25, 0.3) is 0 Å². The quantitative estimate of drug-likeness (QED) is 0.663. The molecule has 31 heavy (non-hydrogen) atoms. The molecule has 1 fully saturated rings. The van der Waals surface area contributed by atoms with E-state index in [1.165, 1.54) is 22.8 Å². The summed E-state index contributed by atoms with van der Waals surface area (Å²) in [6.45, 7) is 1.16. The van der Waals surface area contributed by atoms with Gasteiger partial charge in [-0.1, -0.05) is 12.1 Å². The molecule has 0 radical (unpaired) electrons. The molecule has 1 saturated heterocycles. The standard InChI is InChI=1S/C22H26N2O5S2/c1-29-22(26)19-17-6-2-3-7-18(17)30-21(19)23-20(25)16-10-8-15(9-11-16)14-31(27,28)24-12-4-5-13-24/h8-11H,2-7,12-14H2,1H3,(H,23,25). The van der Waals surface area contributed by atoms with Crippen LogP contribution in [0.1, 0.15) is 62.4 Å². The molecular formula is C22H26N2O5S2. The Bertz CT molecular complexity index is 1080. The molecule has 0 atom stereocenters. The van der Waals surface area contributed by atoms with Gasteiger partial charge in [-0.25, -0.2) is 17.5 Å². The highest BCUT2D eigenvalue weighted by Gasteiger charge is 2.28. The smallest absolute Gasteiger partial charge is 0.341 e. The Balaban J connectivity index is 1.49. The van der Waals surface area contributed by atoms with Crippen LogP contribution in [0.4, 0.5) is 5.00 Å². The molecule has 2 aromatic rings. The summed E-state index contributed by atoms with van der Waals surface area (Å²) in [4.78, 5) is 26.3. The van der Waals surface area contributed by atoms with E-state index in [0.29, 0.717) is 34.8 Å². The molecule has 1 aliphatic heterocycles. The average Bonchev–Trinajstić information content (AvgIpc) is 3.42. The fourth-order valence-corrected chi connectivity index (χ4v) is 7.05. The Morgan fingerprint density at radius 1 is 1.06 bits per heavy atom. The van der Waals surface area contributed by atoms with Crippen molar-refractivity contribution in [3.05, 3.63) is 51.4 Å². The number of methoxy groups -OCH3 is 1. The van der Waals surface area contributed by atoms with Crippen molar-refractivity contribution in [1.82, 2.24) is 4.31 Å². The molecular weight excluding hydrogens is 436 g/mol. The van der Waals surface area contributed by atoms with Crippen LogP contribution in [0.3, 0.4) is 0 Å². The van der Waals surface area contributed by atoms with Crippen molar-refractivity contribution in [2.75, 3.05) is 25.5 Å². The maximum atomic E-state index is 12.8. The van der Waals surface area contributed by atoms with Crippen LogP contribution in [-0.4, -0.2) is 44.8 Å². The minimum atomic E-state index is -3.33. The molecule has 0 bridgehead atoms. The lowest BCUT2D eigenvalue weighted by atomic mass is 9.95. The summed E-state index contributed by atoms with van der Waals surface area (Å²) in [6.07, 6.45) is 5.61. The number of esters is 1. The third-order valence-corrected chi connectivity index (χ3v) is 8.87. The Morgan fingerprint density at radius 2 is 1.74 bits per heavy atom. The van der Waals surface area contributed by atoms with Crippen LogP contribution in [0, 0.1) is 0 Å². The average molecular weight is 463 g/mol. The monoisotopic (exact) mass is 462 g/mol. The van der Waals surface area contributed by atoms with Crippen LogP contribution < -0.4 is 5.32 Å². The third kappa shape index (κ3) is 4.68. The SMILES string of the molecule is COC(=O)c1c(NC(=O)c2ccc(CS(=O)(=O)N3CCCC3)cc2)sc2c1CCCC2. The maximum Gasteiger partial charge on any atom is 0.341 e. The lowest BCUT2D eigenvalue weighted by Gasteiger charge is -2.15. The number of aryl methyl sites for hydroxylation is 1. The number of hydrogen-bond acceptors (Lipinski definition) is 6. The van der Waals surface area contributed by atoms with E-state index < -0.39 is 16.0 Å². The molecule has 1 aromatic carbocycles. The van der Waals surface area contributed by atoms with Gasteiger partial charge in [0.15, 0.2) is 0 Å². The molecule has 1 aliphatic carbocycles. The van der Waals surface area contributed by atoms with Crippen molar-refractivity contribution < 1.29 is 22.7 Å². The highest BCUT2D eigenvalue weighted by atomic mass is 32.2. The number of nitrogens with one attached hydrogen (secondary N) is 1. The summed E-state index contributed by atoms with van der Waals surface area (Å²) in [7, 11) is -1.99. The van der Waals surface area contributed by atoms with Crippen LogP contribution in [0.2, 0.25) is 0 Å². The molecule has 0 unspecified atom stereocenters. The first-order chi connectivity index (χ1) is 14.9. The lowest BCUT2D eigenvalue weighted by Crippen LogP contribution is -2.29. The first-order valence-corrected chi connectivity index (χ1v) is 12.9. The van der Waals surface area contributed by atoms with E-state index in [4.69, 9.17) is 4.74 Å². The van der Waals surface area contributed by atoms with Gasteiger partial charge < -0.3 is 10.1 Å². The molecule has 9 heteroatoms. The second-order valence-electron chi connectivity index (χ2n) is 7.92. The normalized spacial score (nSPS) is 16.7. The number of anilines is 1. The first-order valence-electron chi connectivity index (χ1n) is 10.5. The van der Waals surface area contributed by atoms with E-state index in [1.807, 2.05) is 0 Å². The van der Waals surface area contributed by atoms with E-state index in [2.05, 4.69) is 5.32 Å². The van der Waals surface area contributed by atoms with Gasteiger partial charge >= 0.3 is 5.97 Å². The van der Waals surface area contributed by atoms with Crippen molar-refractivity contribution in [3.63, 3.8) is 0 Å². The Labute approximate surface area is 186 Å². The van der Waals surface area contributed by atoms with Gasteiger partial charge in [0.05, 0.1) is 18.4 Å². The van der Waals surface area contributed by atoms with Gasteiger partial charge in [-0.3, -0.25) is 4.79 Å². The van der Waals surface area contributed by atoms with Gasteiger partial charge in [0, 0.05) is 23.5 Å². The summed E-state index contributed by atoms with van der Waals surface area (Å²) < 4.78 is 31.5. The van der Waals surface area contributed by atoms with Crippen molar-refractivity contribution in [2.45, 2.75) is 44.3 Å². The number of nitrogens with zero attached hydrogens (tertiary/aromatic N) is 1. The summed E-state index contributed by atoms with van der Waals surface area (Å²) in [5, 5.41) is 3.38. The molecule has 2 aliphatic rings. The number of thiophene rings is 1. The molecule has 1 amide bonds. The number of benzene rings is 1. The molecule has 1 aromatic heterocycles. The van der Waals surface area contributed by atoms with Crippen LogP contribution in [0.15, 0.2) is 24.3 Å². The zero-order valence-corrected chi connectivity index (χ0v) is 19.1. The Hall–Kier alpha value is -2.23. The van der Waals surface area contributed by atoms with Gasteiger partial charge in [0.2, 0.25) is 10.0 Å². The Kier molecular flexibility index (Phi) is 6.45. The van der Waals surface area contributed by atoms with Gasteiger partial charge in [0.25, 0.3) is 5.91 Å². The predicted octanol–water partition coefficient (Wildman–Crippen LogP) is 3.59. The fourth-order valence-electron chi connectivity index (χ4n) is 4.17. The highest BCUT2D eigenvalue weighted by molar-refractivity contribution is 7.88. The maximum absolute atomic E-state index is 12.8. The minimum absolute atomic E-state index is 0.0704. The Morgan fingerprint density at radius 3 is 2.42 bits per heavy atom. The molecule has 0 spiro atoms. The number of carbonyl (C=O) groups excluding carboxylic acids is 2. The molecule has 0 saturated carbocycles. The number of carbonyl (C=O) groups is 2. The summed E-state index contributed by atoms with van der Waals surface area (Å²) in [6, 6.07) is 6.58. The highest BCUT2D eigenvalue weighted by Crippen LogP contribution is 2.38. The topological polar surface area (TPSA) is 92.8 Å². The number of rotatable bonds is 6. The molecule has 4 rings (SSSR count). The van der Waals surface area contributed by atoms with Gasteiger partial charge in [-0.15, -0.1) is 11.3 Å². The van der Waals surface area contributed by atoms with Crippen molar-refractivity contribution in [2.24, 2.45) is 0 Å². The van der Waals surface area contributed by atoms with E-state index in [1.54, 1.807) is 24.3 Å². The molecule has 1 N–H and O–H groups in total. The zero-order chi connectivity index (χ0) is 22.0. The van der Waals surface area contributed by atoms with E-state index in [-0.39, 0.29) is 11.7 Å². The molecule has 166 valence electrons. The largest absolute Gasteiger partial charge is 0.465 e. The van der Waals surface area contributed by atoms with Gasteiger partial charge in [-0.05, 0) is 61.8 Å². The number of fused-ring (bicyclic) bond motifs is 1. The van der Waals surface area contributed by atoms with E-state index in [0.717, 1.165) is 49.0 Å². The number of hydrogen-bond donors (Lipinski definition) is 1. The van der Waals surface area contributed by atoms with Crippen LogP contribution >= 0.6 is 11.3 Å². The van der Waals surface area contributed by atoms with Gasteiger partial charge in [0.1, 0.15) is 5.00 Å². The second-order valence-corrected chi connectivity index (χ2v) is 11.0. The summed E-state index contributed by atoms with van der Waals surface area (Å²) in [5.74, 6) is -0.839. The zero-order valence-electron chi connectivity index (χ0n) is 17.5. The fraction of sp³-hybridized carbons (Fsp3) is 0.455. The first kappa shape index (κ1) is 22.0. The van der Waals surface area contributed by atoms with E-state index >= 15 is 0 Å². The summed E-state index contributed by atoms with van der Waals surface area (Å²) in [5.41, 5.74) is 2.50. The van der Waals surface area contributed by atoms with Crippen LogP contribution in [0.5, 0.6) is 0 Å². The van der Waals surface area contributed by atoms with Crippen molar-refractivity contribution >= 4 is 38.2 Å². The lowest BCUT2D eigenvalue weighted by molar-refractivity contribution is 0.0601. The molecule has 2 heterocycles. The molecule has 7 nitrogen and oxygen atoms in total. The predicted molar refractivity (Wildman–Crippen MR) is 120 cm³/mol. The number of sulfonamides is 1. The second kappa shape index (κ2) is 9.10. The minimum Gasteiger partial charge on any atom is -0.465 e. The van der Waals surface area contributed by atoms with Crippen molar-refractivity contribution in [1.29, 1.82) is 0 Å². The van der Waals surface area contributed by atoms with Gasteiger partial charge in [-0.2, -0.15) is 0 Å².